The maximum absolute atomic E-state index is 13.5. The van der Waals surface area contributed by atoms with Gasteiger partial charge >= 0.3 is 0 Å². The molecule has 1 unspecified atom stereocenters. The lowest BCUT2D eigenvalue weighted by molar-refractivity contribution is 0.504. The van der Waals surface area contributed by atoms with Crippen LogP contribution in [0.4, 0.5) is 8.78 Å². The summed E-state index contributed by atoms with van der Waals surface area (Å²) >= 11 is 7.07. The lowest BCUT2D eigenvalue weighted by Gasteiger charge is -2.21. The molecule has 112 valence electrons. The number of aryl methyl sites for hydroxylation is 1. The van der Waals surface area contributed by atoms with Crippen molar-refractivity contribution in [1.82, 2.24) is 5.32 Å². The minimum Gasteiger partial charge on any atom is -0.306 e. The SMILES string of the molecule is CCNC(c1ccc(F)c(F)c1)c1cc(Br)c(C)cc1Br. The Morgan fingerprint density at radius 1 is 1.05 bits per heavy atom. The quantitative estimate of drug-likeness (QED) is 0.691. The molecule has 0 radical (unpaired) electrons. The Kier molecular flexibility index (Phi) is 5.52. The topological polar surface area (TPSA) is 12.0 Å². The minimum atomic E-state index is -0.835. The zero-order valence-electron chi connectivity index (χ0n) is 11.7. The summed E-state index contributed by atoms with van der Waals surface area (Å²) in [5.41, 5.74) is 2.76. The zero-order valence-corrected chi connectivity index (χ0v) is 14.9. The van der Waals surface area contributed by atoms with E-state index in [1.807, 2.05) is 26.0 Å². The Labute approximate surface area is 140 Å². The summed E-state index contributed by atoms with van der Waals surface area (Å²) in [5, 5.41) is 3.31. The molecule has 0 bridgehead atoms. The van der Waals surface area contributed by atoms with Crippen LogP contribution in [0.2, 0.25) is 0 Å². The lowest BCUT2D eigenvalue weighted by atomic mass is 9.97. The molecule has 1 N–H and O–H groups in total. The fourth-order valence-corrected chi connectivity index (χ4v) is 3.23. The van der Waals surface area contributed by atoms with Crippen molar-refractivity contribution in [1.29, 1.82) is 0 Å². The fraction of sp³-hybridized carbons (Fsp3) is 0.250. The van der Waals surface area contributed by atoms with Crippen LogP contribution in [0.25, 0.3) is 0 Å². The second-order valence-electron chi connectivity index (χ2n) is 4.79. The van der Waals surface area contributed by atoms with E-state index >= 15 is 0 Å². The maximum Gasteiger partial charge on any atom is 0.159 e. The fourth-order valence-electron chi connectivity index (χ4n) is 2.19. The van der Waals surface area contributed by atoms with Gasteiger partial charge in [-0.1, -0.05) is 44.8 Å². The van der Waals surface area contributed by atoms with Gasteiger partial charge in [0.2, 0.25) is 0 Å². The van der Waals surface area contributed by atoms with E-state index in [9.17, 15) is 8.78 Å². The number of hydrogen-bond donors (Lipinski definition) is 1. The number of rotatable bonds is 4. The standard InChI is InChI=1S/C16H15Br2F2N/c1-3-21-16(10-4-5-14(19)15(20)7-10)11-8-12(17)9(2)6-13(11)18/h4-8,16,21H,3H2,1-2H3. The lowest BCUT2D eigenvalue weighted by Crippen LogP contribution is -2.22. The molecule has 0 aliphatic heterocycles. The third-order valence-electron chi connectivity index (χ3n) is 3.27. The van der Waals surface area contributed by atoms with Gasteiger partial charge in [0.05, 0.1) is 6.04 Å². The molecule has 0 saturated heterocycles. The molecule has 2 aromatic rings. The van der Waals surface area contributed by atoms with Gasteiger partial charge < -0.3 is 5.32 Å². The molecular formula is C16H15Br2F2N. The van der Waals surface area contributed by atoms with Crippen LogP contribution < -0.4 is 5.32 Å². The Hall–Kier alpha value is -0.780. The molecule has 0 saturated carbocycles. The van der Waals surface area contributed by atoms with Gasteiger partial charge in [0, 0.05) is 8.95 Å². The molecule has 21 heavy (non-hydrogen) atoms. The van der Waals surface area contributed by atoms with E-state index < -0.39 is 11.6 Å². The van der Waals surface area contributed by atoms with Crippen LogP contribution in [0.1, 0.15) is 29.7 Å². The van der Waals surface area contributed by atoms with Gasteiger partial charge in [0.1, 0.15) is 0 Å². The summed E-state index contributed by atoms with van der Waals surface area (Å²) in [6, 6.07) is 7.79. The van der Waals surface area contributed by atoms with Crippen LogP contribution in [-0.2, 0) is 0 Å². The van der Waals surface area contributed by atoms with E-state index in [-0.39, 0.29) is 6.04 Å². The smallest absolute Gasteiger partial charge is 0.159 e. The van der Waals surface area contributed by atoms with Crippen LogP contribution in [0.15, 0.2) is 39.3 Å². The molecule has 1 atom stereocenters. The third-order valence-corrected chi connectivity index (χ3v) is 4.82. The second kappa shape index (κ2) is 6.99. The average Bonchev–Trinajstić information content (AvgIpc) is 2.44. The van der Waals surface area contributed by atoms with Crippen molar-refractivity contribution >= 4 is 31.9 Å². The Balaban J connectivity index is 2.52. The van der Waals surface area contributed by atoms with E-state index in [4.69, 9.17) is 0 Å². The van der Waals surface area contributed by atoms with E-state index in [1.165, 1.54) is 6.07 Å². The molecule has 0 fully saturated rings. The average molecular weight is 419 g/mol. The van der Waals surface area contributed by atoms with E-state index in [0.717, 1.165) is 26.1 Å². The predicted molar refractivity (Wildman–Crippen MR) is 88.5 cm³/mol. The van der Waals surface area contributed by atoms with Crippen LogP contribution in [0.3, 0.4) is 0 Å². The van der Waals surface area contributed by atoms with E-state index in [0.29, 0.717) is 12.1 Å². The van der Waals surface area contributed by atoms with Crippen molar-refractivity contribution in [3.63, 3.8) is 0 Å². The number of nitrogens with one attached hydrogen (secondary N) is 1. The van der Waals surface area contributed by atoms with Gasteiger partial charge in [-0.25, -0.2) is 8.78 Å². The number of benzene rings is 2. The van der Waals surface area contributed by atoms with Crippen molar-refractivity contribution in [2.45, 2.75) is 19.9 Å². The first-order valence-corrected chi connectivity index (χ1v) is 8.16. The van der Waals surface area contributed by atoms with Crippen LogP contribution >= 0.6 is 31.9 Å². The van der Waals surface area contributed by atoms with Crippen molar-refractivity contribution in [3.8, 4) is 0 Å². The Morgan fingerprint density at radius 2 is 1.76 bits per heavy atom. The first-order valence-electron chi connectivity index (χ1n) is 6.58. The predicted octanol–water partition coefficient (Wildman–Crippen LogP) is 5.50. The normalized spacial score (nSPS) is 12.5. The maximum atomic E-state index is 13.5. The molecule has 5 heteroatoms. The third kappa shape index (κ3) is 3.71. The second-order valence-corrected chi connectivity index (χ2v) is 6.50. The van der Waals surface area contributed by atoms with Gasteiger partial charge in [0.15, 0.2) is 11.6 Å². The van der Waals surface area contributed by atoms with Crippen LogP contribution in [-0.4, -0.2) is 6.54 Å². The molecule has 0 aliphatic rings. The first-order chi connectivity index (χ1) is 9.93. The monoisotopic (exact) mass is 417 g/mol. The first kappa shape index (κ1) is 16.6. The highest BCUT2D eigenvalue weighted by molar-refractivity contribution is 9.11. The Bertz CT molecular complexity index is 659. The van der Waals surface area contributed by atoms with Crippen molar-refractivity contribution in [2.75, 3.05) is 6.54 Å². The van der Waals surface area contributed by atoms with Gasteiger partial charge in [0.25, 0.3) is 0 Å². The minimum absolute atomic E-state index is 0.212. The van der Waals surface area contributed by atoms with Gasteiger partial charge in [-0.05, 0) is 54.4 Å². The highest BCUT2D eigenvalue weighted by atomic mass is 79.9. The van der Waals surface area contributed by atoms with E-state index in [2.05, 4.69) is 37.2 Å². The summed E-state index contributed by atoms with van der Waals surface area (Å²) in [7, 11) is 0. The van der Waals surface area contributed by atoms with Gasteiger partial charge in [-0.15, -0.1) is 0 Å². The summed E-state index contributed by atoms with van der Waals surface area (Å²) in [5.74, 6) is -1.67. The molecule has 0 aliphatic carbocycles. The molecule has 2 aromatic carbocycles. The van der Waals surface area contributed by atoms with Crippen molar-refractivity contribution < 1.29 is 8.78 Å². The van der Waals surface area contributed by atoms with Crippen LogP contribution in [0.5, 0.6) is 0 Å². The molecule has 0 amide bonds. The van der Waals surface area contributed by atoms with Crippen molar-refractivity contribution in [3.05, 3.63) is 67.6 Å². The Morgan fingerprint density at radius 3 is 2.38 bits per heavy atom. The van der Waals surface area contributed by atoms with Crippen LogP contribution in [0, 0.1) is 18.6 Å². The molecule has 0 spiro atoms. The molecule has 1 nitrogen and oxygen atoms in total. The highest BCUT2D eigenvalue weighted by Crippen LogP contribution is 2.33. The number of hydrogen-bond acceptors (Lipinski definition) is 1. The van der Waals surface area contributed by atoms with Gasteiger partial charge in [-0.3, -0.25) is 0 Å². The summed E-state index contributed by atoms with van der Waals surface area (Å²) < 4.78 is 28.6. The molecular weight excluding hydrogens is 404 g/mol. The zero-order chi connectivity index (χ0) is 15.6. The summed E-state index contributed by atoms with van der Waals surface area (Å²) in [6.45, 7) is 4.68. The van der Waals surface area contributed by atoms with Crippen molar-refractivity contribution in [2.24, 2.45) is 0 Å². The van der Waals surface area contributed by atoms with Gasteiger partial charge in [-0.2, -0.15) is 0 Å². The summed E-state index contributed by atoms with van der Waals surface area (Å²) in [4.78, 5) is 0. The highest BCUT2D eigenvalue weighted by Gasteiger charge is 2.18. The summed E-state index contributed by atoms with van der Waals surface area (Å²) in [6.07, 6.45) is 0. The molecule has 0 heterocycles. The largest absolute Gasteiger partial charge is 0.306 e. The molecule has 0 aromatic heterocycles. The molecule has 2 rings (SSSR count). The number of halogens is 4. The van der Waals surface area contributed by atoms with E-state index in [1.54, 1.807) is 6.07 Å².